The van der Waals surface area contributed by atoms with Gasteiger partial charge in [-0.2, -0.15) is 0 Å². The lowest BCUT2D eigenvalue weighted by molar-refractivity contribution is -0.132. The summed E-state index contributed by atoms with van der Waals surface area (Å²) in [5.74, 6) is 0.998. The minimum absolute atomic E-state index is 0.0585. The van der Waals surface area contributed by atoms with Crippen LogP contribution in [0, 0.1) is 0 Å². The van der Waals surface area contributed by atoms with Crippen LogP contribution in [0.2, 0.25) is 0 Å². The molecular formula is C18H28N2O4S. The zero-order chi connectivity index (χ0) is 18.1. The van der Waals surface area contributed by atoms with Gasteiger partial charge in [0.25, 0.3) is 0 Å². The lowest BCUT2D eigenvalue weighted by Crippen LogP contribution is -2.47. The first-order chi connectivity index (χ1) is 12.0. The summed E-state index contributed by atoms with van der Waals surface area (Å²) in [6.07, 6.45) is 3.20. The van der Waals surface area contributed by atoms with E-state index >= 15 is 0 Å². The molecule has 1 aromatic rings. The first-order valence-corrected chi connectivity index (χ1v) is 10.6. The maximum absolute atomic E-state index is 12.2. The third-order valence-electron chi connectivity index (χ3n) is 4.29. The molecule has 0 radical (unpaired) electrons. The van der Waals surface area contributed by atoms with Crippen molar-refractivity contribution in [1.29, 1.82) is 0 Å². The number of sulfonamides is 1. The Morgan fingerprint density at radius 3 is 2.56 bits per heavy atom. The van der Waals surface area contributed by atoms with Gasteiger partial charge in [-0.15, -0.1) is 0 Å². The highest BCUT2D eigenvalue weighted by atomic mass is 32.2. The van der Waals surface area contributed by atoms with E-state index in [9.17, 15) is 13.2 Å². The number of benzene rings is 1. The number of hydrogen-bond donors (Lipinski definition) is 1. The second-order valence-corrected chi connectivity index (χ2v) is 8.23. The van der Waals surface area contributed by atoms with Crippen LogP contribution in [0.3, 0.4) is 0 Å². The Morgan fingerprint density at radius 2 is 1.92 bits per heavy atom. The van der Waals surface area contributed by atoms with Crippen molar-refractivity contribution in [1.82, 2.24) is 9.62 Å². The van der Waals surface area contributed by atoms with Gasteiger partial charge in [-0.05, 0) is 31.4 Å². The highest BCUT2D eigenvalue weighted by Gasteiger charge is 2.25. The molecule has 2 rings (SSSR count). The third-order valence-corrected chi connectivity index (χ3v) is 5.81. The van der Waals surface area contributed by atoms with Crippen molar-refractivity contribution in [3.05, 3.63) is 30.3 Å². The fourth-order valence-electron chi connectivity index (χ4n) is 2.82. The molecule has 0 spiro atoms. The predicted octanol–water partition coefficient (Wildman–Crippen LogP) is 2.17. The molecule has 1 saturated heterocycles. The minimum Gasteiger partial charge on any atom is -0.493 e. The fraction of sp³-hybridized carbons (Fsp3) is 0.611. The standard InChI is InChI=1S/C18H28N2O4S/c1-2-3-15-25(22,23)19-16-9-12-20(13-10-16)18(21)11-14-24-17-7-5-4-6-8-17/h4-8,16,19H,2-3,9-15H2,1H3. The van der Waals surface area contributed by atoms with Gasteiger partial charge < -0.3 is 9.64 Å². The summed E-state index contributed by atoms with van der Waals surface area (Å²) < 4.78 is 32.2. The maximum Gasteiger partial charge on any atom is 0.225 e. The molecule has 0 aromatic heterocycles. The van der Waals surface area contributed by atoms with Gasteiger partial charge >= 0.3 is 0 Å². The quantitative estimate of drug-likeness (QED) is 0.725. The van der Waals surface area contributed by atoms with Gasteiger partial charge in [0.05, 0.1) is 18.8 Å². The largest absolute Gasteiger partial charge is 0.493 e. The third kappa shape index (κ3) is 7.04. The van der Waals surface area contributed by atoms with Gasteiger partial charge in [0.2, 0.25) is 15.9 Å². The number of carbonyl (C=O) groups excluding carboxylic acids is 1. The van der Waals surface area contributed by atoms with Gasteiger partial charge in [0.1, 0.15) is 5.75 Å². The van der Waals surface area contributed by atoms with E-state index in [2.05, 4.69) is 4.72 Å². The van der Waals surface area contributed by atoms with E-state index < -0.39 is 10.0 Å². The molecule has 0 bridgehead atoms. The van der Waals surface area contributed by atoms with E-state index in [4.69, 9.17) is 4.74 Å². The molecule has 0 atom stereocenters. The Bertz CT molecular complexity index is 626. The van der Waals surface area contributed by atoms with Gasteiger partial charge in [-0.1, -0.05) is 31.5 Å². The number of rotatable bonds is 9. The molecule has 1 heterocycles. The number of hydrogen-bond acceptors (Lipinski definition) is 4. The van der Waals surface area contributed by atoms with Gasteiger partial charge in [-0.3, -0.25) is 4.79 Å². The topological polar surface area (TPSA) is 75.7 Å². The van der Waals surface area contributed by atoms with E-state index in [0.717, 1.165) is 12.2 Å². The van der Waals surface area contributed by atoms with E-state index in [0.29, 0.717) is 45.4 Å². The van der Waals surface area contributed by atoms with Crippen LogP contribution in [0.4, 0.5) is 0 Å². The number of amides is 1. The molecule has 25 heavy (non-hydrogen) atoms. The predicted molar refractivity (Wildman–Crippen MR) is 98.0 cm³/mol. The average molecular weight is 368 g/mol. The molecule has 1 aliphatic heterocycles. The van der Waals surface area contributed by atoms with Crippen LogP contribution in [0.1, 0.15) is 39.0 Å². The number of nitrogens with one attached hydrogen (secondary N) is 1. The Balaban J connectivity index is 1.68. The summed E-state index contributed by atoms with van der Waals surface area (Å²) in [6, 6.07) is 9.36. The first kappa shape index (κ1) is 19.7. The number of unbranched alkanes of at least 4 members (excludes halogenated alkanes) is 1. The molecular weight excluding hydrogens is 340 g/mol. The zero-order valence-electron chi connectivity index (χ0n) is 14.8. The van der Waals surface area contributed by atoms with Crippen molar-refractivity contribution in [2.24, 2.45) is 0 Å². The van der Waals surface area contributed by atoms with E-state index in [1.165, 1.54) is 0 Å². The average Bonchev–Trinajstić information content (AvgIpc) is 2.61. The highest BCUT2D eigenvalue weighted by Crippen LogP contribution is 2.14. The molecule has 140 valence electrons. The second kappa shape index (κ2) is 9.77. The number of ether oxygens (including phenoxy) is 1. The molecule has 1 amide bonds. The van der Waals surface area contributed by atoms with Gasteiger partial charge in [-0.25, -0.2) is 13.1 Å². The van der Waals surface area contributed by atoms with Crippen molar-refractivity contribution >= 4 is 15.9 Å². The van der Waals surface area contributed by atoms with Gasteiger partial charge in [0, 0.05) is 19.1 Å². The molecule has 0 saturated carbocycles. The molecule has 1 aliphatic rings. The van der Waals surface area contributed by atoms with Crippen molar-refractivity contribution in [3.63, 3.8) is 0 Å². The number of likely N-dealkylation sites (tertiary alicyclic amines) is 1. The smallest absolute Gasteiger partial charge is 0.225 e. The summed E-state index contributed by atoms with van der Waals surface area (Å²) >= 11 is 0. The summed E-state index contributed by atoms with van der Waals surface area (Å²) in [5.41, 5.74) is 0. The van der Waals surface area contributed by atoms with Crippen LogP contribution in [0.25, 0.3) is 0 Å². The number of piperidine rings is 1. The molecule has 0 aliphatic carbocycles. The SMILES string of the molecule is CCCCS(=O)(=O)NC1CCN(C(=O)CCOc2ccccc2)CC1. The lowest BCUT2D eigenvalue weighted by atomic mass is 10.1. The van der Waals surface area contributed by atoms with Crippen LogP contribution in [-0.2, 0) is 14.8 Å². The van der Waals surface area contributed by atoms with Crippen LogP contribution >= 0.6 is 0 Å². The highest BCUT2D eigenvalue weighted by molar-refractivity contribution is 7.89. The van der Waals surface area contributed by atoms with Gasteiger partial charge in [0.15, 0.2) is 0 Å². The summed E-state index contributed by atoms with van der Waals surface area (Å²) in [7, 11) is -3.20. The van der Waals surface area contributed by atoms with E-state index in [1.807, 2.05) is 37.3 Å². The monoisotopic (exact) mass is 368 g/mol. The Labute approximate surface area is 150 Å². The minimum atomic E-state index is -3.20. The number of nitrogens with zero attached hydrogens (tertiary/aromatic N) is 1. The Hall–Kier alpha value is -1.60. The van der Waals surface area contributed by atoms with E-state index in [-0.39, 0.29) is 17.7 Å². The Kier molecular flexibility index (Phi) is 7.71. The zero-order valence-corrected chi connectivity index (χ0v) is 15.6. The van der Waals surface area contributed by atoms with Crippen molar-refractivity contribution in [2.75, 3.05) is 25.4 Å². The maximum atomic E-state index is 12.2. The van der Waals surface area contributed by atoms with Crippen molar-refractivity contribution in [3.8, 4) is 5.75 Å². The van der Waals surface area contributed by atoms with Crippen molar-refractivity contribution in [2.45, 2.75) is 45.1 Å². The van der Waals surface area contributed by atoms with Crippen molar-refractivity contribution < 1.29 is 17.9 Å². The lowest BCUT2D eigenvalue weighted by Gasteiger charge is -2.32. The molecule has 1 N–H and O–H groups in total. The van der Waals surface area contributed by atoms with Crippen LogP contribution in [-0.4, -0.2) is 50.7 Å². The molecule has 6 nitrogen and oxygen atoms in total. The molecule has 1 aromatic carbocycles. The Morgan fingerprint density at radius 1 is 1.24 bits per heavy atom. The number of para-hydroxylation sites is 1. The first-order valence-electron chi connectivity index (χ1n) is 8.96. The normalized spacial score (nSPS) is 16.0. The second-order valence-electron chi connectivity index (χ2n) is 6.36. The fourth-order valence-corrected chi connectivity index (χ4v) is 4.36. The summed E-state index contributed by atoms with van der Waals surface area (Å²) in [6.45, 7) is 3.50. The summed E-state index contributed by atoms with van der Waals surface area (Å²) in [5, 5.41) is 0. The van der Waals surface area contributed by atoms with Crippen LogP contribution in [0.15, 0.2) is 30.3 Å². The van der Waals surface area contributed by atoms with Crippen LogP contribution < -0.4 is 9.46 Å². The molecule has 0 unspecified atom stereocenters. The molecule has 7 heteroatoms. The summed E-state index contributed by atoms with van der Waals surface area (Å²) in [4.78, 5) is 14.0. The van der Waals surface area contributed by atoms with Crippen LogP contribution in [0.5, 0.6) is 5.75 Å². The number of carbonyl (C=O) groups is 1. The van der Waals surface area contributed by atoms with E-state index in [1.54, 1.807) is 4.90 Å². The molecule has 1 fully saturated rings.